The topological polar surface area (TPSA) is 34.6 Å². The van der Waals surface area contributed by atoms with Gasteiger partial charge in [-0.25, -0.2) is 0 Å². The molecule has 2 aromatic heterocycles. The summed E-state index contributed by atoms with van der Waals surface area (Å²) in [7, 11) is 0. The van der Waals surface area contributed by atoms with E-state index in [9.17, 15) is 0 Å². The van der Waals surface area contributed by atoms with Gasteiger partial charge in [0.25, 0.3) is 0 Å². The number of hydrogen-bond donors (Lipinski definition) is 0. The molecule has 0 fully saturated rings. The highest BCUT2D eigenvalue weighted by atomic mass is 15.0. The van der Waals surface area contributed by atoms with Gasteiger partial charge in [-0.05, 0) is 133 Å². The second kappa shape index (κ2) is 18.8. The van der Waals surface area contributed by atoms with Crippen molar-refractivity contribution >= 4 is 62.5 Å². The predicted octanol–water partition coefficient (Wildman–Crippen LogP) is 16.3. The van der Waals surface area contributed by atoms with Crippen molar-refractivity contribution in [1.82, 2.24) is 9.13 Å². The summed E-state index contributed by atoms with van der Waals surface area (Å²) in [6.07, 6.45) is 6.50. The Bertz CT molecular complexity index is 3540. The molecule has 0 atom stereocenters. The Balaban J connectivity index is 0.00000259. The second-order valence-electron chi connectivity index (χ2n) is 17.0. The first-order valence-corrected chi connectivity index (χ1v) is 23.5. The summed E-state index contributed by atoms with van der Waals surface area (Å²) < 4.78 is 4.86. The fraction of sp³-hybridized carbons (Fsp3) is 0.111. The molecule has 0 radical (unpaired) electrons. The molecule has 0 aliphatic heterocycles. The van der Waals surface area contributed by atoms with Crippen molar-refractivity contribution < 1.29 is 0 Å². The molecule has 326 valence electrons. The monoisotopic (exact) mass is 866 g/mol. The van der Waals surface area contributed by atoms with E-state index in [1.807, 2.05) is 19.9 Å². The Labute approximate surface area is 394 Å². The molecule has 11 rings (SSSR count). The summed E-state index contributed by atoms with van der Waals surface area (Å²) in [6.45, 7) is 13.0. The van der Waals surface area contributed by atoms with Gasteiger partial charge in [0.2, 0.25) is 0 Å². The van der Waals surface area contributed by atoms with E-state index in [0.717, 1.165) is 57.7 Å². The number of fused-ring (bicyclic) bond motifs is 6. The smallest absolute Gasteiger partial charge is 0.0722 e. The standard InChI is InChI=1S/C61H48N4.C2H6/c1-41-18-10-11-26-49(41)61-42(2)19-16-29-52(61)56(62-3)39-55(63-40-43-20-6-4-7-21-43)46-22-17-25-48(36-46)65-58-31-15-13-28-51(58)54-38-45(33-35-60(54)65)44-32-34-59-53(37-44)50-27-12-14-30-57(50)64(59)47-23-8-5-9-24-47;1-2/h4-31,33,35-39H,3,32,34,40H2,1-2H3;1-2H3/b56-39-,63-55?;. The van der Waals surface area contributed by atoms with E-state index in [2.05, 4.69) is 230 Å². The van der Waals surface area contributed by atoms with Crippen LogP contribution < -0.4 is 0 Å². The van der Waals surface area contributed by atoms with Gasteiger partial charge in [-0.2, -0.15) is 0 Å². The minimum absolute atomic E-state index is 0.530. The van der Waals surface area contributed by atoms with E-state index in [-0.39, 0.29) is 0 Å². The number of hydrogen-bond acceptors (Lipinski definition) is 2. The normalized spacial score (nSPS) is 12.7. The van der Waals surface area contributed by atoms with Crippen LogP contribution in [-0.2, 0) is 13.0 Å². The molecule has 0 N–H and O–H groups in total. The van der Waals surface area contributed by atoms with E-state index in [0.29, 0.717) is 6.54 Å². The largest absolute Gasteiger partial charge is 0.313 e. The number of aromatic nitrogens is 2. The van der Waals surface area contributed by atoms with Gasteiger partial charge in [0.05, 0.1) is 34.5 Å². The van der Waals surface area contributed by atoms with E-state index < -0.39 is 0 Å². The van der Waals surface area contributed by atoms with E-state index in [1.165, 1.54) is 72.0 Å². The lowest BCUT2D eigenvalue weighted by Crippen LogP contribution is -2.05. The maximum absolute atomic E-state index is 5.32. The number of benzene rings is 8. The van der Waals surface area contributed by atoms with E-state index >= 15 is 0 Å². The van der Waals surface area contributed by atoms with Crippen molar-refractivity contribution in [2.45, 2.75) is 47.1 Å². The van der Waals surface area contributed by atoms with Gasteiger partial charge in [0, 0.05) is 49.9 Å². The van der Waals surface area contributed by atoms with Crippen LogP contribution in [0.1, 0.15) is 64.9 Å². The van der Waals surface area contributed by atoms with Crippen molar-refractivity contribution in [3.05, 3.63) is 245 Å². The molecule has 4 nitrogen and oxygen atoms in total. The van der Waals surface area contributed by atoms with Gasteiger partial charge in [-0.15, -0.1) is 0 Å². The highest BCUT2D eigenvalue weighted by Crippen LogP contribution is 2.41. The average Bonchev–Trinajstić information content (AvgIpc) is 3.90. The molecule has 1 aliphatic carbocycles. The molecular formula is C63H54N4. The van der Waals surface area contributed by atoms with Crippen LogP contribution in [0.4, 0.5) is 0 Å². The molecule has 8 aromatic carbocycles. The summed E-state index contributed by atoms with van der Waals surface area (Å²) in [5, 5.41) is 3.76. The van der Waals surface area contributed by atoms with Gasteiger partial charge in [0.15, 0.2) is 0 Å². The molecule has 10 aromatic rings. The molecule has 0 bridgehead atoms. The maximum atomic E-state index is 5.32. The zero-order valence-corrected chi connectivity index (χ0v) is 38.7. The number of aryl methyl sites for hydroxylation is 2. The van der Waals surface area contributed by atoms with Gasteiger partial charge >= 0.3 is 0 Å². The highest BCUT2D eigenvalue weighted by molar-refractivity contribution is 6.14. The summed E-state index contributed by atoms with van der Waals surface area (Å²) in [6, 6.07) is 69.6. The van der Waals surface area contributed by atoms with Crippen LogP contribution in [0.25, 0.3) is 72.6 Å². The van der Waals surface area contributed by atoms with Gasteiger partial charge in [0.1, 0.15) is 0 Å². The molecule has 0 spiro atoms. The Morgan fingerprint density at radius 2 is 1.21 bits per heavy atom. The summed E-state index contributed by atoms with van der Waals surface area (Å²) in [5.41, 5.74) is 20.8. The van der Waals surface area contributed by atoms with Crippen molar-refractivity contribution in [1.29, 1.82) is 0 Å². The lowest BCUT2D eigenvalue weighted by molar-refractivity contribution is 0.898. The number of nitrogens with zero attached hydrogens (tertiary/aromatic N) is 4. The van der Waals surface area contributed by atoms with Gasteiger partial charge < -0.3 is 9.13 Å². The first-order valence-electron chi connectivity index (χ1n) is 23.5. The minimum atomic E-state index is 0.530. The van der Waals surface area contributed by atoms with E-state index in [4.69, 9.17) is 9.98 Å². The lowest BCUT2D eigenvalue weighted by Gasteiger charge is -2.18. The molecule has 2 heterocycles. The predicted molar refractivity (Wildman–Crippen MR) is 287 cm³/mol. The van der Waals surface area contributed by atoms with Crippen LogP contribution in [-0.4, -0.2) is 21.6 Å². The van der Waals surface area contributed by atoms with Crippen LogP contribution in [0.3, 0.4) is 0 Å². The lowest BCUT2D eigenvalue weighted by atomic mass is 9.90. The Hall–Kier alpha value is -8.08. The minimum Gasteiger partial charge on any atom is -0.313 e. The van der Waals surface area contributed by atoms with Crippen molar-refractivity contribution in [3.8, 4) is 22.5 Å². The molecule has 0 unspecified atom stereocenters. The van der Waals surface area contributed by atoms with Gasteiger partial charge in [-0.1, -0.05) is 159 Å². The fourth-order valence-electron chi connectivity index (χ4n) is 9.99. The van der Waals surface area contributed by atoms with Crippen molar-refractivity contribution in [3.63, 3.8) is 0 Å². The molecule has 67 heavy (non-hydrogen) atoms. The third kappa shape index (κ3) is 8.06. The second-order valence-corrected chi connectivity index (χ2v) is 17.0. The number of aliphatic imine (C=N–C) groups is 2. The first-order chi connectivity index (χ1) is 33.0. The molecule has 4 heteroatoms. The van der Waals surface area contributed by atoms with Crippen molar-refractivity contribution in [2.75, 3.05) is 0 Å². The summed E-state index contributed by atoms with van der Waals surface area (Å²) in [5.74, 6) is 0. The zero-order valence-electron chi connectivity index (χ0n) is 38.7. The Morgan fingerprint density at radius 1 is 0.567 bits per heavy atom. The highest BCUT2D eigenvalue weighted by Gasteiger charge is 2.23. The zero-order chi connectivity index (χ0) is 45.9. The average molecular weight is 867 g/mol. The summed E-state index contributed by atoms with van der Waals surface area (Å²) >= 11 is 0. The first kappa shape index (κ1) is 42.8. The van der Waals surface area contributed by atoms with Crippen LogP contribution in [0, 0.1) is 13.8 Å². The third-order valence-corrected chi connectivity index (χ3v) is 13.1. The molecule has 0 amide bonds. The maximum Gasteiger partial charge on any atom is 0.0722 e. The Kier molecular flexibility index (Phi) is 12.0. The molecule has 1 aliphatic rings. The SMILES string of the molecule is C=N/C(=C\C(=NCc1ccccc1)c1cccc(-n2c3ccccc3c3cc(C4=Cc5c(n(-c6ccccc6)c6ccccc56)CC4)ccc32)c1)c1cccc(C)c1-c1ccccc1C.CC. The molecular weight excluding hydrogens is 813 g/mol. The molecule has 0 saturated heterocycles. The van der Waals surface area contributed by atoms with Crippen LogP contribution in [0.15, 0.2) is 210 Å². The number of para-hydroxylation sites is 3. The van der Waals surface area contributed by atoms with E-state index in [1.54, 1.807) is 0 Å². The quantitative estimate of drug-likeness (QED) is 0.123. The number of allylic oxidation sites excluding steroid dienone is 2. The van der Waals surface area contributed by atoms with Crippen molar-refractivity contribution in [2.24, 2.45) is 9.98 Å². The summed E-state index contributed by atoms with van der Waals surface area (Å²) in [4.78, 5) is 10.0. The Morgan fingerprint density at radius 3 is 1.99 bits per heavy atom. The fourth-order valence-corrected chi connectivity index (χ4v) is 9.99. The number of rotatable bonds is 10. The third-order valence-electron chi connectivity index (χ3n) is 13.1. The van der Waals surface area contributed by atoms with Crippen LogP contribution >= 0.6 is 0 Å². The van der Waals surface area contributed by atoms with Gasteiger partial charge in [-0.3, -0.25) is 9.98 Å². The van der Waals surface area contributed by atoms with Crippen LogP contribution in [0.2, 0.25) is 0 Å². The van der Waals surface area contributed by atoms with Crippen LogP contribution in [0.5, 0.6) is 0 Å². The molecule has 0 saturated carbocycles.